The van der Waals surface area contributed by atoms with Crippen molar-refractivity contribution in [1.29, 1.82) is 5.41 Å². The van der Waals surface area contributed by atoms with Crippen LogP contribution in [0.4, 0.5) is 18.9 Å². The molecular formula is C8H6F3N3O2. The van der Waals surface area contributed by atoms with E-state index in [9.17, 15) is 23.3 Å². The van der Waals surface area contributed by atoms with Gasteiger partial charge in [0.1, 0.15) is 5.84 Å². The minimum atomic E-state index is -4.70. The second-order valence-corrected chi connectivity index (χ2v) is 2.90. The van der Waals surface area contributed by atoms with E-state index in [0.29, 0.717) is 12.1 Å². The molecule has 0 atom stereocenters. The highest BCUT2D eigenvalue weighted by molar-refractivity contribution is 5.97. The van der Waals surface area contributed by atoms with Crippen molar-refractivity contribution in [3.8, 4) is 0 Å². The van der Waals surface area contributed by atoms with Gasteiger partial charge in [0.05, 0.1) is 10.5 Å². The Morgan fingerprint density at radius 3 is 2.38 bits per heavy atom. The third-order valence-electron chi connectivity index (χ3n) is 1.81. The summed E-state index contributed by atoms with van der Waals surface area (Å²) in [5, 5.41) is 17.3. The molecule has 16 heavy (non-hydrogen) atoms. The van der Waals surface area contributed by atoms with E-state index < -0.39 is 33.7 Å². The van der Waals surface area contributed by atoms with Crippen LogP contribution in [-0.2, 0) is 6.18 Å². The van der Waals surface area contributed by atoms with Gasteiger partial charge in [0.2, 0.25) is 0 Å². The second-order valence-electron chi connectivity index (χ2n) is 2.90. The van der Waals surface area contributed by atoms with Crippen molar-refractivity contribution in [2.24, 2.45) is 5.73 Å². The maximum absolute atomic E-state index is 12.4. The minimum absolute atomic E-state index is 0.537. The van der Waals surface area contributed by atoms with Crippen LogP contribution in [-0.4, -0.2) is 10.8 Å². The third kappa shape index (κ3) is 2.27. The number of rotatable bonds is 2. The van der Waals surface area contributed by atoms with Gasteiger partial charge >= 0.3 is 6.18 Å². The molecule has 1 rings (SSSR count). The van der Waals surface area contributed by atoms with Crippen molar-refractivity contribution in [3.05, 3.63) is 39.4 Å². The molecule has 86 valence electrons. The van der Waals surface area contributed by atoms with Gasteiger partial charge < -0.3 is 5.73 Å². The predicted molar refractivity (Wildman–Crippen MR) is 49.1 cm³/mol. The molecular weight excluding hydrogens is 227 g/mol. The first-order chi connectivity index (χ1) is 7.23. The zero-order valence-electron chi connectivity index (χ0n) is 7.71. The number of non-ortho nitro benzene ring substituents is 1. The molecule has 0 heterocycles. The number of nitrogens with two attached hydrogens (primary N) is 1. The summed E-state index contributed by atoms with van der Waals surface area (Å²) in [5.74, 6) is -0.865. The summed E-state index contributed by atoms with van der Waals surface area (Å²) in [6, 6.07) is 1.88. The third-order valence-corrected chi connectivity index (χ3v) is 1.81. The molecule has 0 unspecified atom stereocenters. The Balaban J connectivity index is 3.43. The quantitative estimate of drug-likeness (QED) is 0.353. The SMILES string of the molecule is N=C(N)c1cc([N+](=O)[O-])ccc1C(F)(F)F. The average molecular weight is 233 g/mol. The Bertz CT molecular complexity index is 456. The Labute approximate surface area is 87.3 Å². The Morgan fingerprint density at radius 2 is 2.00 bits per heavy atom. The number of amidine groups is 1. The maximum Gasteiger partial charge on any atom is 0.417 e. The zero-order valence-corrected chi connectivity index (χ0v) is 7.71. The van der Waals surface area contributed by atoms with Crippen molar-refractivity contribution in [3.63, 3.8) is 0 Å². The zero-order chi connectivity index (χ0) is 12.5. The fourth-order valence-corrected chi connectivity index (χ4v) is 1.12. The predicted octanol–water partition coefficient (Wildman–Crippen LogP) is 1.90. The van der Waals surface area contributed by atoms with E-state index in [-0.39, 0.29) is 0 Å². The molecule has 0 radical (unpaired) electrons. The van der Waals surface area contributed by atoms with Crippen LogP contribution in [0.25, 0.3) is 0 Å². The van der Waals surface area contributed by atoms with Crippen LogP contribution in [0, 0.1) is 15.5 Å². The molecule has 1 aromatic carbocycles. The fraction of sp³-hybridized carbons (Fsp3) is 0.125. The van der Waals surface area contributed by atoms with E-state index in [2.05, 4.69) is 0 Å². The van der Waals surface area contributed by atoms with E-state index in [4.69, 9.17) is 11.1 Å². The number of nitrogen functional groups attached to an aromatic ring is 1. The number of alkyl halides is 3. The van der Waals surface area contributed by atoms with Crippen LogP contribution in [0.1, 0.15) is 11.1 Å². The summed E-state index contributed by atoms with van der Waals surface area (Å²) in [4.78, 5) is 9.50. The number of nitro groups is 1. The van der Waals surface area contributed by atoms with Crippen molar-refractivity contribution < 1.29 is 18.1 Å². The topological polar surface area (TPSA) is 93.0 Å². The van der Waals surface area contributed by atoms with Crippen LogP contribution in [0.5, 0.6) is 0 Å². The first kappa shape index (κ1) is 12.0. The second kappa shape index (κ2) is 3.80. The van der Waals surface area contributed by atoms with Gasteiger partial charge in [-0.3, -0.25) is 15.5 Å². The molecule has 8 heteroatoms. The molecule has 0 aliphatic rings. The lowest BCUT2D eigenvalue weighted by molar-refractivity contribution is -0.384. The minimum Gasteiger partial charge on any atom is -0.384 e. The summed E-state index contributed by atoms with van der Waals surface area (Å²) < 4.78 is 37.3. The summed E-state index contributed by atoms with van der Waals surface area (Å²) in [6.45, 7) is 0. The number of halogens is 3. The van der Waals surface area contributed by atoms with Crippen LogP contribution >= 0.6 is 0 Å². The highest BCUT2D eigenvalue weighted by atomic mass is 19.4. The lowest BCUT2D eigenvalue weighted by atomic mass is 10.1. The molecule has 0 aliphatic heterocycles. The van der Waals surface area contributed by atoms with E-state index >= 15 is 0 Å². The highest BCUT2D eigenvalue weighted by Crippen LogP contribution is 2.33. The van der Waals surface area contributed by atoms with E-state index in [0.717, 1.165) is 6.07 Å². The molecule has 0 aromatic heterocycles. The lowest BCUT2D eigenvalue weighted by Gasteiger charge is -2.11. The molecule has 0 bridgehead atoms. The van der Waals surface area contributed by atoms with Crippen molar-refractivity contribution in [2.75, 3.05) is 0 Å². The molecule has 0 saturated carbocycles. The Kier molecular flexibility index (Phi) is 2.84. The number of nitro benzene ring substituents is 1. The lowest BCUT2D eigenvalue weighted by Crippen LogP contribution is -2.19. The van der Waals surface area contributed by atoms with E-state index in [1.807, 2.05) is 0 Å². The molecule has 0 amide bonds. The van der Waals surface area contributed by atoms with E-state index in [1.165, 1.54) is 0 Å². The smallest absolute Gasteiger partial charge is 0.384 e. The number of benzene rings is 1. The van der Waals surface area contributed by atoms with Crippen molar-refractivity contribution in [2.45, 2.75) is 6.18 Å². The summed E-state index contributed by atoms with van der Waals surface area (Å²) in [7, 11) is 0. The fourth-order valence-electron chi connectivity index (χ4n) is 1.12. The largest absolute Gasteiger partial charge is 0.417 e. The van der Waals surface area contributed by atoms with Gasteiger partial charge in [-0.2, -0.15) is 13.2 Å². The van der Waals surface area contributed by atoms with Gasteiger partial charge in [-0.15, -0.1) is 0 Å². The monoisotopic (exact) mass is 233 g/mol. The summed E-state index contributed by atoms with van der Waals surface area (Å²) >= 11 is 0. The first-order valence-electron chi connectivity index (χ1n) is 3.93. The molecule has 5 nitrogen and oxygen atoms in total. The number of hydrogen-bond acceptors (Lipinski definition) is 3. The standard InChI is InChI=1S/C8H6F3N3O2/c9-8(10,11)6-2-1-4(14(15)16)3-5(6)7(12)13/h1-3H,(H3,12,13). The van der Waals surface area contributed by atoms with Crippen molar-refractivity contribution >= 4 is 11.5 Å². The van der Waals surface area contributed by atoms with Crippen LogP contribution in [0.2, 0.25) is 0 Å². The molecule has 0 fully saturated rings. The van der Waals surface area contributed by atoms with Gasteiger partial charge in [-0.25, -0.2) is 0 Å². The van der Waals surface area contributed by atoms with Gasteiger partial charge in [0, 0.05) is 17.7 Å². The molecule has 0 saturated heterocycles. The van der Waals surface area contributed by atoms with Crippen LogP contribution in [0.15, 0.2) is 18.2 Å². The summed E-state index contributed by atoms with van der Waals surface area (Å²) in [5.41, 5.74) is 2.54. The van der Waals surface area contributed by atoms with Crippen molar-refractivity contribution in [1.82, 2.24) is 0 Å². The molecule has 3 N–H and O–H groups in total. The first-order valence-corrected chi connectivity index (χ1v) is 3.93. The van der Waals surface area contributed by atoms with Gasteiger partial charge in [-0.05, 0) is 6.07 Å². The number of nitrogens with one attached hydrogen (secondary N) is 1. The van der Waals surface area contributed by atoms with Gasteiger partial charge in [0.15, 0.2) is 0 Å². The number of nitrogens with zero attached hydrogens (tertiary/aromatic N) is 1. The molecule has 0 spiro atoms. The van der Waals surface area contributed by atoms with Gasteiger partial charge in [-0.1, -0.05) is 0 Å². The maximum atomic E-state index is 12.4. The summed E-state index contributed by atoms with van der Waals surface area (Å²) in [6.07, 6.45) is -4.70. The van der Waals surface area contributed by atoms with E-state index in [1.54, 1.807) is 0 Å². The van der Waals surface area contributed by atoms with Crippen LogP contribution in [0.3, 0.4) is 0 Å². The highest BCUT2D eigenvalue weighted by Gasteiger charge is 2.34. The normalized spacial score (nSPS) is 11.2. The van der Waals surface area contributed by atoms with Gasteiger partial charge in [0.25, 0.3) is 5.69 Å². The molecule has 0 aliphatic carbocycles. The molecule has 1 aromatic rings. The number of hydrogen-bond donors (Lipinski definition) is 2. The Hall–Kier alpha value is -2.12. The van der Waals surface area contributed by atoms with Crippen LogP contribution < -0.4 is 5.73 Å². The Morgan fingerprint density at radius 1 is 1.44 bits per heavy atom. The average Bonchev–Trinajstić information content (AvgIpc) is 2.15.